The molecule has 0 aromatic heterocycles. The third-order valence-corrected chi connectivity index (χ3v) is 5.21. The monoisotopic (exact) mass is 346 g/mol. The van der Waals surface area contributed by atoms with E-state index in [-0.39, 0.29) is 4.83 Å². The van der Waals surface area contributed by atoms with E-state index < -0.39 is 0 Å². The van der Waals surface area contributed by atoms with Crippen LogP contribution in [-0.4, -0.2) is 26.4 Å². The first kappa shape index (κ1) is 13.5. The molecule has 19 heavy (non-hydrogen) atoms. The van der Waals surface area contributed by atoms with Crippen LogP contribution in [0.25, 0.3) is 0 Å². The fraction of sp³-hybridized carbons (Fsp3) is 0.571. The van der Waals surface area contributed by atoms with Gasteiger partial charge in [0.05, 0.1) is 0 Å². The molecule has 1 aromatic carbocycles. The normalized spacial score (nSPS) is 21.2. The van der Waals surface area contributed by atoms with Crippen LogP contribution in [0.15, 0.2) is 12.1 Å². The highest BCUT2D eigenvalue weighted by molar-refractivity contribution is 9.09. The number of rotatable bonds is 2. The number of hydrogen-bond donors (Lipinski definition) is 0. The number of fused-ring (bicyclic) bond motifs is 1. The molecule has 3 nitrogen and oxygen atoms in total. The number of ether oxygens (including phenoxy) is 3. The van der Waals surface area contributed by atoms with E-state index in [2.05, 4.69) is 15.9 Å². The van der Waals surface area contributed by atoms with Crippen LogP contribution in [0.2, 0.25) is 5.02 Å². The Labute approximate surface area is 126 Å². The zero-order valence-corrected chi connectivity index (χ0v) is 12.9. The third-order valence-electron chi connectivity index (χ3n) is 3.64. The third kappa shape index (κ3) is 2.86. The molecular weight excluding hydrogens is 332 g/mol. The number of alkyl halides is 1. The van der Waals surface area contributed by atoms with Gasteiger partial charge in [0.2, 0.25) is 0 Å². The molecule has 1 unspecified atom stereocenters. The maximum Gasteiger partial charge on any atom is 0.162 e. The summed E-state index contributed by atoms with van der Waals surface area (Å²) in [6.45, 7) is 2.84. The van der Waals surface area contributed by atoms with Crippen LogP contribution in [-0.2, 0) is 4.74 Å². The van der Waals surface area contributed by atoms with Crippen molar-refractivity contribution in [2.24, 2.45) is 5.92 Å². The zero-order chi connectivity index (χ0) is 13.2. The molecule has 5 heteroatoms. The summed E-state index contributed by atoms with van der Waals surface area (Å²) in [5.74, 6) is 2.09. The van der Waals surface area contributed by atoms with E-state index in [0.717, 1.165) is 48.1 Å². The van der Waals surface area contributed by atoms with Gasteiger partial charge in [-0.05, 0) is 30.4 Å². The average molecular weight is 348 g/mol. The summed E-state index contributed by atoms with van der Waals surface area (Å²) >= 11 is 10.2. The Hall–Kier alpha value is -0.450. The van der Waals surface area contributed by atoms with E-state index in [1.54, 1.807) is 0 Å². The molecule has 2 aliphatic rings. The molecule has 1 fully saturated rings. The van der Waals surface area contributed by atoms with E-state index >= 15 is 0 Å². The summed E-state index contributed by atoms with van der Waals surface area (Å²) in [5, 5.41) is 0.734. The second kappa shape index (κ2) is 5.90. The summed E-state index contributed by atoms with van der Waals surface area (Å²) in [4.78, 5) is 0.236. The summed E-state index contributed by atoms with van der Waals surface area (Å²) in [6, 6.07) is 3.87. The molecule has 0 amide bonds. The van der Waals surface area contributed by atoms with Gasteiger partial charge in [0.1, 0.15) is 13.2 Å². The molecule has 1 aromatic rings. The SMILES string of the molecule is Clc1cc2c(cc1C(Br)C1CCOCC1)OCCO2. The molecular formula is C14H16BrClO3. The van der Waals surface area contributed by atoms with Gasteiger partial charge >= 0.3 is 0 Å². The summed E-state index contributed by atoms with van der Waals surface area (Å²) in [6.07, 6.45) is 2.11. The van der Waals surface area contributed by atoms with Gasteiger partial charge in [-0.25, -0.2) is 0 Å². The Kier molecular flexibility index (Phi) is 4.20. The number of hydrogen-bond acceptors (Lipinski definition) is 3. The van der Waals surface area contributed by atoms with Crippen molar-refractivity contribution in [1.82, 2.24) is 0 Å². The van der Waals surface area contributed by atoms with Crippen LogP contribution in [0.5, 0.6) is 11.5 Å². The van der Waals surface area contributed by atoms with E-state index in [4.69, 9.17) is 25.8 Å². The Morgan fingerprint density at radius 1 is 1.05 bits per heavy atom. The lowest BCUT2D eigenvalue weighted by Crippen LogP contribution is -2.20. The van der Waals surface area contributed by atoms with Crippen molar-refractivity contribution in [2.45, 2.75) is 17.7 Å². The summed E-state index contributed by atoms with van der Waals surface area (Å²) in [5.41, 5.74) is 1.08. The van der Waals surface area contributed by atoms with Gasteiger partial charge in [-0.3, -0.25) is 0 Å². The van der Waals surface area contributed by atoms with Crippen molar-refractivity contribution >= 4 is 27.5 Å². The van der Waals surface area contributed by atoms with Gasteiger partial charge in [0.15, 0.2) is 11.5 Å². The molecule has 1 saturated heterocycles. The Morgan fingerprint density at radius 3 is 2.37 bits per heavy atom. The first-order chi connectivity index (χ1) is 9.25. The van der Waals surface area contributed by atoms with Crippen LogP contribution in [0.1, 0.15) is 23.2 Å². The molecule has 0 aliphatic carbocycles. The molecule has 2 heterocycles. The predicted molar refractivity (Wildman–Crippen MR) is 77.7 cm³/mol. The molecule has 1 atom stereocenters. The predicted octanol–water partition coefficient (Wildman–Crippen LogP) is 3.97. The largest absolute Gasteiger partial charge is 0.486 e. The van der Waals surface area contributed by atoms with Gasteiger partial charge in [-0.15, -0.1) is 0 Å². The van der Waals surface area contributed by atoms with Gasteiger partial charge < -0.3 is 14.2 Å². The van der Waals surface area contributed by atoms with Crippen molar-refractivity contribution in [2.75, 3.05) is 26.4 Å². The van der Waals surface area contributed by atoms with Crippen molar-refractivity contribution in [3.63, 3.8) is 0 Å². The van der Waals surface area contributed by atoms with E-state index in [9.17, 15) is 0 Å². The lowest BCUT2D eigenvalue weighted by Gasteiger charge is -2.28. The van der Waals surface area contributed by atoms with Crippen molar-refractivity contribution in [3.8, 4) is 11.5 Å². The van der Waals surface area contributed by atoms with Crippen LogP contribution in [0, 0.1) is 5.92 Å². The Morgan fingerprint density at radius 2 is 1.68 bits per heavy atom. The lowest BCUT2D eigenvalue weighted by atomic mass is 9.92. The highest BCUT2D eigenvalue weighted by Crippen LogP contribution is 2.44. The van der Waals surface area contributed by atoms with Crippen molar-refractivity contribution in [1.29, 1.82) is 0 Å². The minimum Gasteiger partial charge on any atom is -0.486 e. The minimum absolute atomic E-state index is 0.236. The molecule has 0 saturated carbocycles. The van der Waals surface area contributed by atoms with E-state index in [1.807, 2.05) is 12.1 Å². The fourth-order valence-electron chi connectivity index (χ4n) is 2.55. The molecule has 0 radical (unpaired) electrons. The number of benzene rings is 1. The molecule has 0 bridgehead atoms. The van der Waals surface area contributed by atoms with Crippen LogP contribution in [0.3, 0.4) is 0 Å². The van der Waals surface area contributed by atoms with E-state index in [0.29, 0.717) is 19.1 Å². The van der Waals surface area contributed by atoms with Gasteiger partial charge in [0, 0.05) is 29.1 Å². The fourth-order valence-corrected chi connectivity index (χ4v) is 3.86. The molecule has 0 N–H and O–H groups in total. The first-order valence-electron chi connectivity index (χ1n) is 6.56. The van der Waals surface area contributed by atoms with Gasteiger partial charge in [-0.2, -0.15) is 0 Å². The van der Waals surface area contributed by atoms with Gasteiger partial charge in [0.25, 0.3) is 0 Å². The average Bonchev–Trinajstić information content (AvgIpc) is 2.47. The van der Waals surface area contributed by atoms with Crippen LogP contribution in [0.4, 0.5) is 0 Å². The Balaban J connectivity index is 1.86. The molecule has 104 valence electrons. The second-order valence-electron chi connectivity index (χ2n) is 4.87. The quantitative estimate of drug-likeness (QED) is 0.758. The number of halogens is 2. The van der Waals surface area contributed by atoms with Crippen LogP contribution < -0.4 is 9.47 Å². The highest BCUT2D eigenvalue weighted by Gasteiger charge is 2.26. The maximum absolute atomic E-state index is 6.38. The topological polar surface area (TPSA) is 27.7 Å². The van der Waals surface area contributed by atoms with Crippen LogP contribution >= 0.6 is 27.5 Å². The molecule has 2 aliphatic heterocycles. The minimum atomic E-state index is 0.236. The smallest absolute Gasteiger partial charge is 0.162 e. The van der Waals surface area contributed by atoms with Crippen molar-refractivity contribution in [3.05, 3.63) is 22.7 Å². The Bertz CT molecular complexity index is 460. The summed E-state index contributed by atoms with van der Waals surface area (Å²) in [7, 11) is 0. The second-order valence-corrected chi connectivity index (χ2v) is 6.26. The maximum atomic E-state index is 6.38. The van der Waals surface area contributed by atoms with Gasteiger partial charge in [-0.1, -0.05) is 27.5 Å². The standard InChI is InChI=1S/C14H16BrClO3/c15-14(9-1-3-17-4-2-9)10-7-12-13(8-11(10)16)19-6-5-18-12/h7-9,14H,1-6H2. The van der Waals surface area contributed by atoms with Crippen molar-refractivity contribution < 1.29 is 14.2 Å². The lowest BCUT2D eigenvalue weighted by molar-refractivity contribution is 0.0661. The first-order valence-corrected chi connectivity index (χ1v) is 7.86. The zero-order valence-electron chi connectivity index (χ0n) is 10.5. The highest BCUT2D eigenvalue weighted by atomic mass is 79.9. The molecule has 0 spiro atoms. The molecule has 3 rings (SSSR count). The van der Waals surface area contributed by atoms with E-state index in [1.165, 1.54) is 0 Å². The summed E-state index contributed by atoms with van der Waals surface area (Å²) < 4.78 is 16.6.